The summed E-state index contributed by atoms with van der Waals surface area (Å²) < 4.78 is 0. The Labute approximate surface area is 120 Å². The van der Waals surface area contributed by atoms with Crippen molar-refractivity contribution in [1.82, 2.24) is 0 Å². The maximum Gasteiger partial charge on any atom is 0.339 e. The second kappa shape index (κ2) is 5.58. The monoisotopic (exact) mass is 284 g/mol. The Morgan fingerprint density at radius 2 is 1.38 bits per heavy atom. The summed E-state index contributed by atoms with van der Waals surface area (Å²) in [5.74, 6) is -2.19. The Bertz CT molecular complexity index is 729. The number of ketones is 2. The predicted molar refractivity (Wildman–Crippen MR) is 74.9 cm³/mol. The highest BCUT2D eigenvalue weighted by Gasteiger charge is 2.15. The molecular formula is C16H12O5. The molecule has 2 N–H and O–H groups in total. The fourth-order valence-corrected chi connectivity index (χ4v) is 1.87. The van der Waals surface area contributed by atoms with Crippen molar-refractivity contribution in [3.8, 4) is 5.75 Å². The van der Waals surface area contributed by atoms with Crippen molar-refractivity contribution in [2.24, 2.45) is 0 Å². The van der Waals surface area contributed by atoms with E-state index in [-0.39, 0.29) is 22.7 Å². The molecule has 5 nitrogen and oxygen atoms in total. The minimum atomic E-state index is -1.31. The fourth-order valence-electron chi connectivity index (χ4n) is 1.87. The molecule has 5 heteroatoms. The van der Waals surface area contributed by atoms with Crippen LogP contribution in [0.2, 0.25) is 0 Å². The summed E-state index contributed by atoms with van der Waals surface area (Å²) in [6.07, 6.45) is 0. The van der Waals surface area contributed by atoms with Crippen LogP contribution in [0.1, 0.15) is 43.6 Å². The lowest BCUT2D eigenvalue weighted by Crippen LogP contribution is -2.05. The van der Waals surface area contributed by atoms with E-state index in [1.807, 2.05) is 0 Å². The number of carboxylic acids is 1. The number of aromatic carboxylic acids is 1. The second-order valence-corrected chi connectivity index (χ2v) is 4.50. The van der Waals surface area contributed by atoms with Gasteiger partial charge in [0.1, 0.15) is 11.3 Å². The van der Waals surface area contributed by atoms with Gasteiger partial charge in [0, 0.05) is 16.7 Å². The van der Waals surface area contributed by atoms with Crippen molar-refractivity contribution < 1.29 is 24.6 Å². The molecular weight excluding hydrogens is 272 g/mol. The molecule has 0 aliphatic carbocycles. The maximum atomic E-state index is 12.3. The number of aromatic hydroxyl groups is 1. The van der Waals surface area contributed by atoms with E-state index in [0.29, 0.717) is 11.1 Å². The van der Waals surface area contributed by atoms with Crippen molar-refractivity contribution in [2.45, 2.75) is 6.92 Å². The first kappa shape index (κ1) is 14.5. The molecule has 0 aromatic heterocycles. The van der Waals surface area contributed by atoms with Gasteiger partial charge >= 0.3 is 5.97 Å². The Balaban J connectivity index is 2.38. The zero-order valence-electron chi connectivity index (χ0n) is 11.2. The summed E-state index contributed by atoms with van der Waals surface area (Å²) in [5.41, 5.74) is 0.646. The third kappa shape index (κ3) is 2.97. The molecule has 106 valence electrons. The summed E-state index contributed by atoms with van der Waals surface area (Å²) in [5, 5.41) is 18.4. The van der Waals surface area contributed by atoms with Crippen LogP contribution < -0.4 is 0 Å². The molecule has 0 amide bonds. The molecule has 0 atom stereocenters. The van der Waals surface area contributed by atoms with Gasteiger partial charge in [0.15, 0.2) is 11.6 Å². The predicted octanol–water partition coefficient (Wildman–Crippen LogP) is 2.52. The van der Waals surface area contributed by atoms with Gasteiger partial charge in [-0.2, -0.15) is 0 Å². The van der Waals surface area contributed by atoms with Crippen LogP contribution in [0.3, 0.4) is 0 Å². The van der Waals surface area contributed by atoms with Crippen molar-refractivity contribution in [2.75, 3.05) is 0 Å². The van der Waals surface area contributed by atoms with Crippen LogP contribution in [0.4, 0.5) is 0 Å². The van der Waals surface area contributed by atoms with Gasteiger partial charge in [-0.3, -0.25) is 9.59 Å². The molecule has 0 aliphatic heterocycles. The van der Waals surface area contributed by atoms with Gasteiger partial charge in [0.25, 0.3) is 0 Å². The van der Waals surface area contributed by atoms with Crippen LogP contribution in [-0.2, 0) is 0 Å². The molecule has 0 saturated carbocycles. The summed E-state index contributed by atoms with van der Waals surface area (Å²) in [7, 11) is 0. The topological polar surface area (TPSA) is 91.7 Å². The molecule has 0 fully saturated rings. The third-order valence-electron chi connectivity index (χ3n) is 3.04. The summed E-state index contributed by atoms with van der Waals surface area (Å²) in [4.78, 5) is 34.4. The smallest absolute Gasteiger partial charge is 0.339 e. The van der Waals surface area contributed by atoms with Crippen molar-refractivity contribution >= 4 is 17.5 Å². The van der Waals surface area contributed by atoms with E-state index in [1.165, 1.54) is 43.3 Å². The van der Waals surface area contributed by atoms with Gasteiger partial charge in [-0.15, -0.1) is 0 Å². The van der Waals surface area contributed by atoms with Gasteiger partial charge in [-0.1, -0.05) is 24.3 Å². The van der Waals surface area contributed by atoms with Gasteiger partial charge < -0.3 is 10.2 Å². The number of carboxylic acid groups (broad SMARTS) is 1. The molecule has 0 spiro atoms. The first-order valence-electron chi connectivity index (χ1n) is 6.12. The van der Waals surface area contributed by atoms with Crippen LogP contribution in [-0.4, -0.2) is 27.7 Å². The molecule has 21 heavy (non-hydrogen) atoms. The zero-order valence-corrected chi connectivity index (χ0v) is 11.2. The van der Waals surface area contributed by atoms with Crippen molar-refractivity contribution in [3.05, 3.63) is 64.7 Å². The number of rotatable bonds is 4. The minimum absolute atomic E-state index is 0.105. The van der Waals surface area contributed by atoms with Gasteiger partial charge in [-0.25, -0.2) is 4.79 Å². The van der Waals surface area contributed by atoms with E-state index >= 15 is 0 Å². The number of benzene rings is 2. The Hall–Kier alpha value is -2.95. The highest BCUT2D eigenvalue weighted by atomic mass is 16.4. The van der Waals surface area contributed by atoms with Crippen LogP contribution >= 0.6 is 0 Å². The summed E-state index contributed by atoms with van der Waals surface area (Å²) in [6, 6.07) is 9.73. The lowest BCUT2D eigenvalue weighted by Gasteiger charge is -2.05. The van der Waals surface area contributed by atoms with E-state index in [4.69, 9.17) is 5.11 Å². The third-order valence-corrected chi connectivity index (χ3v) is 3.04. The van der Waals surface area contributed by atoms with Crippen molar-refractivity contribution in [1.29, 1.82) is 0 Å². The molecule has 2 rings (SSSR count). The quantitative estimate of drug-likeness (QED) is 0.842. The van der Waals surface area contributed by atoms with E-state index in [0.717, 1.165) is 6.07 Å². The van der Waals surface area contributed by atoms with Gasteiger partial charge in [0.05, 0.1) is 0 Å². The van der Waals surface area contributed by atoms with E-state index in [9.17, 15) is 19.5 Å². The maximum absolute atomic E-state index is 12.3. The number of hydrogen-bond acceptors (Lipinski definition) is 4. The number of carbonyl (C=O) groups is 3. The van der Waals surface area contributed by atoms with Gasteiger partial charge in [0.2, 0.25) is 0 Å². The standard InChI is InChI=1S/C16H12O5/c1-9(17)10-2-4-11(5-3-10)15(19)12-6-7-14(18)13(8-12)16(20)21/h2-8,18H,1H3,(H,20,21). The number of carbonyl (C=O) groups excluding carboxylic acids is 2. The SMILES string of the molecule is CC(=O)c1ccc(C(=O)c2ccc(O)c(C(=O)O)c2)cc1. The minimum Gasteiger partial charge on any atom is -0.507 e. The largest absolute Gasteiger partial charge is 0.507 e. The number of phenols is 1. The Kier molecular flexibility index (Phi) is 3.84. The van der Waals surface area contributed by atoms with Crippen LogP contribution in [0.15, 0.2) is 42.5 Å². The highest BCUT2D eigenvalue weighted by molar-refractivity contribution is 6.10. The van der Waals surface area contributed by atoms with E-state index in [1.54, 1.807) is 0 Å². The lowest BCUT2D eigenvalue weighted by molar-refractivity contribution is 0.0693. The first-order valence-corrected chi connectivity index (χ1v) is 6.12. The second-order valence-electron chi connectivity index (χ2n) is 4.50. The molecule has 0 radical (unpaired) electrons. The van der Waals surface area contributed by atoms with Crippen molar-refractivity contribution in [3.63, 3.8) is 0 Å². The summed E-state index contributed by atoms with van der Waals surface area (Å²) >= 11 is 0. The normalized spacial score (nSPS) is 10.1. The molecule has 0 heterocycles. The summed E-state index contributed by atoms with van der Waals surface area (Å²) in [6.45, 7) is 1.43. The average Bonchev–Trinajstić information content (AvgIpc) is 2.46. The van der Waals surface area contributed by atoms with E-state index in [2.05, 4.69) is 0 Å². The van der Waals surface area contributed by atoms with E-state index < -0.39 is 11.7 Å². The Morgan fingerprint density at radius 3 is 1.90 bits per heavy atom. The highest BCUT2D eigenvalue weighted by Crippen LogP contribution is 2.20. The molecule has 0 aliphatic rings. The van der Waals surface area contributed by atoms with Gasteiger partial charge in [-0.05, 0) is 25.1 Å². The molecule has 2 aromatic rings. The number of Topliss-reactive ketones (excluding diaryl/α,β-unsaturated/α-hetero) is 1. The number of hydrogen-bond donors (Lipinski definition) is 2. The fraction of sp³-hybridized carbons (Fsp3) is 0.0625. The lowest BCUT2D eigenvalue weighted by atomic mass is 9.99. The van der Waals surface area contributed by atoms with Crippen LogP contribution in [0.5, 0.6) is 5.75 Å². The zero-order chi connectivity index (χ0) is 15.6. The molecule has 0 unspecified atom stereocenters. The first-order chi connectivity index (χ1) is 9.90. The van der Waals surface area contributed by atoms with Crippen LogP contribution in [0.25, 0.3) is 0 Å². The molecule has 2 aromatic carbocycles. The molecule has 0 saturated heterocycles. The van der Waals surface area contributed by atoms with Crippen LogP contribution in [0, 0.1) is 0 Å². The Morgan fingerprint density at radius 1 is 0.857 bits per heavy atom. The molecule has 0 bridgehead atoms. The average molecular weight is 284 g/mol.